The Bertz CT molecular complexity index is 435. The summed E-state index contributed by atoms with van der Waals surface area (Å²) in [7, 11) is 5.27. The van der Waals surface area contributed by atoms with Crippen molar-refractivity contribution in [1.29, 1.82) is 0 Å². The normalized spacial score (nSPS) is 12.3. The molecule has 0 fully saturated rings. The Labute approximate surface area is 114 Å². The molecule has 19 heavy (non-hydrogen) atoms. The Balaban J connectivity index is 2.68. The first-order chi connectivity index (χ1) is 8.97. The van der Waals surface area contributed by atoms with Gasteiger partial charge in [-0.1, -0.05) is 6.92 Å². The number of carbonyl (C=O) groups is 1. The first-order valence-corrected chi connectivity index (χ1v) is 6.30. The van der Waals surface area contributed by atoms with Gasteiger partial charge in [-0.15, -0.1) is 0 Å². The van der Waals surface area contributed by atoms with Crippen molar-refractivity contribution in [3.63, 3.8) is 0 Å². The molecule has 1 atom stereocenters. The Morgan fingerprint density at radius 3 is 2.79 bits per heavy atom. The molecule has 0 radical (unpaired) electrons. The van der Waals surface area contributed by atoms with Crippen molar-refractivity contribution in [2.45, 2.75) is 13.5 Å². The zero-order chi connectivity index (χ0) is 14.4. The number of nitrogens with zero attached hydrogens (tertiary/aromatic N) is 1. The zero-order valence-electron chi connectivity index (χ0n) is 12.1. The predicted molar refractivity (Wildman–Crippen MR) is 77.0 cm³/mol. The second-order valence-corrected chi connectivity index (χ2v) is 4.78. The summed E-state index contributed by atoms with van der Waals surface area (Å²) in [4.78, 5) is 13.6. The first kappa shape index (κ1) is 15.3. The van der Waals surface area contributed by atoms with E-state index >= 15 is 0 Å². The minimum Gasteiger partial charge on any atom is -0.496 e. The van der Waals surface area contributed by atoms with E-state index in [1.807, 2.05) is 32.2 Å². The van der Waals surface area contributed by atoms with Gasteiger partial charge in [0.15, 0.2) is 0 Å². The summed E-state index contributed by atoms with van der Waals surface area (Å²) in [5, 5.41) is 2.66. The lowest BCUT2D eigenvalue weighted by atomic mass is 10.1. The maximum atomic E-state index is 11.5. The van der Waals surface area contributed by atoms with Crippen LogP contribution in [-0.2, 0) is 11.3 Å². The van der Waals surface area contributed by atoms with Crippen LogP contribution in [0.3, 0.4) is 0 Å². The van der Waals surface area contributed by atoms with Gasteiger partial charge in [0.1, 0.15) is 5.75 Å². The molecule has 1 aromatic carbocycles. The topological polar surface area (TPSA) is 67.6 Å². The van der Waals surface area contributed by atoms with Crippen LogP contribution in [0.2, 0.25) is 0 Å². The molecule has 0 saturated heterocycles. The summed E-state index contributed by atoms with van der Waals surface area (Å²) in [6.45, 7) is 3.28. The number of nitrogens with one attached hydrogen (secondary N) is 1. The van der Waals surface area contributed by atoms with E-state index in [1.165, 1.54) is 0 Å². The minimum atomic E-state index is -0.0537. The number of hydrogen-bond donors (Lipinski definition) is 2. The fraction of sp³-hybridized carbons (Fsp3) is 0.500. The van der Waals surface area contributed by atoms with Crippen LogP contribution in [0.1, 0.15) is 12.5 Å². The van der Waals surface area contributed by atoms with E-state index in [9.17, 15) is 4.79 Å². The number of benzene rings is 1. The van der Waals surface area contributed by atoms with Gasteiger partial charge < -0.3 is 20.7 Å². The molecule has 0 aliphatic heterocycles. The van der Waals surface area contributed by atoms with E-state index in [0.29, 0.717) is 18.8 Å². The summed E-state index contributed by atoms with van der Waals surface area (Å²) in [6.07, 6.45) is 0. The SMILES string of the molecule is CNC(=O)C(C)CN(C)Cc1cc(N)ccc1OC. The van der Waals surface area contributed by atoms with E-state index in [2.05, 4.69) is 10.2 Å². The Kier molecular flexibility index (Phi) is 5.63. The molecule has 0 saturated carbocycles. The second-order valence-electron chi connectivity index (χ2n) is 4.78. The number of rotatable bonds is 6. The average Bonchev–Trinajstić information content (AvgIpc) is 2.37. The lowest BCUT2D eigenvalue weighted by molar-refractivity contribution is -0.124. The fourth-order valence-corrected chi connectivity index (χ4v) is 2.07. The highest BCUT2D eigenvalue weighted by Gasteiger charge is 2.15. The number of ether oxygens (including phenoxy) is 1. The number of nitrogens with two attached hydrogens (primary N) is 1. The maximum absolute atomic E-state index is 11.5. The summed E-state index contributed by atoms with van der Waals surface area (Å²) < 4.78 is 5.31. The molecule has 0 bridgehead atoms. The van der Waals surface area contributed by atoms with Gasteiger partial charge in [-0.05, 0) is 25.2 Å². The highest BCUT2D eigenvalue weighted by Crippen LogP contribution is 2.22. The number of methoxy groups -OCH3 is 1. The second kappa shape index (κ2) is 6.99. The van der Waals surface area contributed by atoms with Crippen LogP contribution < -0.4 is 15.8 Å². The van der Waals surface area contributed by atoms with E-state index in [-0.39, 0.29) is 11.8 Å². The molecule has 106 valence electrons. The number of nitrogen functional groups attached to an aromatic ring is 1. The van der Waals surface area contributed by atoms with Crippen LogP contribution in [0.25, 0.3) is 0 Å². The summed E-state index contributed by atoms with van der Waals surface area (Å²) in [6, 6.07) is 5.58. The standard InChI is InChI=1S/C14H23N3O2/c1-10(14(18)16-2)8-17(3)9-11-7-12(15)5-6-13(11)19-4/h5-7,10H,8-9,15H2,1-4H3,(H,16,18). The van der Waals surface area contributed by atoms with Gasteiger partial charge in [-0.3, -0.25) is 4.79 Å². The van der Waals surface area contributed by atoms with Crippen molar-refractivity contribution in [2.75, 3.05) is 33.5 Å². The van der Waals surface area contributed by atoms with Gasteiger partial charge in [0.2, 0.25) is 5.91 Å². The van der Waals surface area contributed by atoms with Gasteiger partial charge in [0, 0.05) is 37.3 Å². The lowest BCUT2D eigenvalue weighted by Crippen LogP contribution is -2.34. The van der Waals surface area contributed by atoms with Crippen LogP contribution in [0.4, 0.5) is 5.69 Å². The molecule has 0 aliphatic rings. The Morgan fingerprint density at radius 1 is 1.53 bits per heavy atom. The van der Waals surface area contributed by atoms with Crippen molar-refractivity contribution >= 4 is 11.6 Å². The summed E-state index contributed by atoms with van der Waals surface area (Å²) >= 11 is 0. The van der Waals surface area contributed by atoms with Gasteiger partial charge >= 0.3 is 0 Å². The van der Waals surface area contributed by atoms with Crippen LogP contribution in [0.5, 0.6) is 5.75 Å². The Hall–Kier alpha value is -1.75. The van der Waals surface area contributed by atoms with Crippen LogP contribution >= 0.6 is 0 Å². The molecule has 0 aliphatic carbocycles. The lowest BCUT2D eigenvalue weighted by Gasteiger charge is -2.21. The van der Waals surface area contributed by atoms with Crippen molar-refractivity contribution in [2.24, 2.45) is 5.92 Å². The molecule has 1 amide bonds. The molecule has 1 rings (SSSR count). The average molecular weight is 265 g/mol. The van der Waals surface area contributed by atoms with Crippen molar-refractivity contribution in [1.82, 2.24) is 10.2 Å². The largest absolute Gasteiger partial charge is 0.496 e. The van der Waals surface area contributed by atoms with E-state index in [1.54, 1.807) is 14.2 Å². The Morgan fingerprint density at radius 2 is 2.21 bits per heavy atom. The predicted octanol–water partition coefficient (Wildman–Crippen LogP) is 1.09. The third-order valence-corrected chi connectivity index (χ3v) is 3.02. The van der Waals surface area contributed by atoms with Gasteiger partial charge in [-0.2, -0.15) is 0 Å². The molecular formula is C14H23N3O2. The van der Waals surface area contributed by atoms with Gasteiger partial charge in [0.25, 0.3) is 0 Å². The van der Waals surface area contributed by atoms with E-state index < -0.39 is 0 Å². The van der Waals surface area contributed by atoms with Crippen LogP contribution in [0.15, 0.2) is 18.2 Å². The maximum Gasteiger partial charge on any atom is 0.223 e. The zero-order valence-corrected chi connectivity index (χ0v) is 12.1. The third-order valence-electron chi connectivity index (χ3n) is 3.02. The molecule has 1 aromatic rings. The molecule has 1 unspecified atom stereocenters. The molecule has 5 heteroatoms. The first-order valence-electron chi connectivity index (χ1n) is 6.30. The smallest absolute Gasteiger partial charge is 0.223 e. The highest BCUT2D eigenvalue weighted by atomic mass is 16.5. The number of hydrogen-bond acceptors (Lipinski definition) is 4. The van der Waals surface area contributed by atoms with Crippen molar-refractivity contribution in [3.05, 3.63) is 23.8 Å². The fourth-order valence-electron chi connectivity index (χ4n) is 2.07. The number of amides is 1. The van der Waals surface area contributed by atoms with Crippen LogP contribution in [-0.4, -0.2) is 38.6 Å². The van der Waals surface area contributed by atoms with Crippen molar-refractivity contribution < 1.29 is 9.53 Å². The monoisotopic (exact) mass is 265 g/mol. The molecule has 0 spiro atoms. The van der Waals surface area contributed by atoms with Crippen LogP contribution in [0, 0.1) is 5.92 Å². The quantitative estimate of drug-likeness (QED) is 0.756. The molecular weight excluding hydrogens is 242 g/mol. The highest BCUT2D eigenvalue weighted by molar-refractivity contribution is 5.78. The summed E-state index contributed by atoms with van der Waals surface area (Å²) in [5.74, 6) is 0.807. The van der Waals surface area contributed by atoms with E-state index in [0.717, 1.165) is 11.3 Å². The number of anilines is 1. The minimum absolute atomic E-state index is 0.0476. The number of carbonyl (C=O) groups excluding carboxylic acids is 1. The van der Waals surface area contributed by atoms with E-state index in [4.69, 9.17) is 10.5 Å². The summed E-state index contributed by atoms with van der Waals surface area (Å²) in [5.41, 5.74) is 7.52. The van der Waals surface area contributed by atoms with Gasteiger partial charge in [0.05, 0.1) is 7.11 Å². The molecule has 0 aromatic heterocycles. The molecule has 3 N–H and O–H groups in total. The van der Waals surface area contributed by atoms with Gasteiger partial charge in [-0.25, -0.2) is 0 Å². The molecule has 5 nitrogen and oxygen atoms in total. The molecule has 0 heterocycles. The van der Waals surface area contributed by atoms with Crippen molar-refractivity contribution in [3.8, 4) is 5.75 Å². The third kappa shape index (κ3) is 4.44.